The van der Waals surface area contributed by atoms with Gasteiger partial charge in [0.25, 0.3) is 5.56 Å². The van der Waals surface area contributed by atoms with Crippen molar-refractivity contribution in [3.63, 3.8) is 0 Å². The molecule has 2 N–H and O–H groups in total. The third kappa shape index (κ3) is 8.99. The number of aliphatic imine (C=N–C) groups is 2. The number of nitrogens with one attached hydrogen (secondary N) is 2. The maximum Gasteiger partial charge on any atom is 0.282 e. The maximum absolute atomic E-state index is 15.6. The average molecular weight is 841 g/mol. The molecule has 318 valence electrons. The van der Waals surface area contributed by atoms with Crippen molar-refractivity contribution >= 4 is 53.3 Å². The molecule has 3 heterocycles. The second-order valence-corrected chi connectivity index (χ2v) is 17.2. The van der Waals surface area contributed by atoms with E-state index < -0.39 is 28.9 Å². The summed E-state index contributed by atoms with van der Waals surface area (Å²) in [7, 11) is 3.23. The smallest absolute Gasteiger partial charge is 0.282 e. The number of rotatable bonds is 17. The zero-order chi connectivity index (χ0) is 43.4. The van der Waals surface area contributed by atoms with Crippen LogP contribution >= 0.6 is 11.6 Å². The van der Waals surface area contributed by atoms with Crippen LogP contribution in [-0.2, 0) is 15.0 Å². The first-order valence-electron chi connectivity index (χ1n) is 20.5. The van der Waals surface area contributed by atoms with Crippen LogP contribution in [0.5, 0.6) is 0 Å². The van der Waals surface area contributed by atoms with Crippen molar-refractivity contribution in [2.75, 3.05) is 58.3 Å². The number of aldehydes is 1. The number of likely N-dealkylation sites (N-methyl/N-ethyl adjacent to an activating group) is 1. The number of fused-ring (bicyclic) bond motifs is 5. The van der Waals surface area contributed by atoms with E-state index in [4.69, 9.17) is 16.6 Å². The number of hydrogen-bond donors (Lipinski definition) is 2. The van der Waals surface area contributed by atoms with Gasteiger partial charge in [0.2, 0.25) is 5.91 Å². The Balaban J connectivity index is 1.14. The van der Waals surface area contributed by atoms with Crippen molar-refractivity contribution < 1.29 is 18.4 Å². The van der Waals surface area contributed by atoms with E-state index in [0.717, 1.165) is 47.7 Å². The van der Waals surface area contributed by atoms with Gasteiger partial charge in [0, 0.05) is 81.0 Å². The van der Waals surface area contributed by atoms with Gasteiger partial charge >= 0.3 is 0 Å². The summed E-state index contributed by atoms with van der Waals surface area (Å²) in [6, 6.07) is 14.7. The Morgan fingerprint density at radius 2 is 1.80 bits per heavy atom. The number of benzene rings is 3. The third-order valence-corrected chi connectivity index (χ3v) is 12.3. The summed E-state index contributed by atoms with van der Waals surface area (Å²) in [6.07, 6.45) is 5.35. The highest BCUT2D eigenvalue weighted by Crippen LogP contribution is 2.45. The van der Waals surface area contributed by atoms with Gasteiger partial charge in [-0.2, -0.15) is 4.98 Å². The number of carbonyl (C=O) groups excluding carboxylic acids is 2. The number of halogens is 3. The normalized spacial score (nSPS) is 17.1. The van der Waals surface area contributed by atoms with Gasteiger partial charge in [-0.05, 0) is 121 Å². The molecule has 11 nitrogen and oxygen atoms in total. The Labute approximate surface area is 355 Å². The fourth-order valence-corrected chi connectivity index (χ4v) is 9.22. The summed E-state index contributed by atoms with van der Waals surface area (Å²) in [4.78, 5) is 54.8. The molecule has 1 amide bonds. The maximum atomic E-state index is 15.6. The second-order valence-electron chi connectivity index (χ2n) is 16.8. The summed E-state index contributed by atoms with van der Waals surface area (Å²) in [6.45, 7) is 16.3. The quantitative estimate of drug-likeness (QED) is 0.0859. The van der Waals surface area contributed by atoms with Gasteiger partial charge in [0.15, 0.2) is 0 Å². The molecule has 0 radical (unpaired) electrons. The van der Waals surface area contributed by atoms with Crippen LogP contribution in [-0.4, -0.2) is 98.5 Å². The Hall–Kier alpha value is -5.11. The number of hydrogen-bond acceptors (Lipinski definition) is 9. The highest BCUT2D eigenvalue weighted by Gasteiger charge is 2.40. The van der Waals surface area contributed by atoms with Gasteiger partial charge in [-0.25, -0.2) is 8.78 Å². The Bertz CT molecular complexity index is 2370. The molecule has 0 spiro atoms. The zero-order valence-corrected chi connectivity index (χ0v) is 36.1. The van der Waals surface area contributed by atoms with Crippen LogP contribution in [0.25, 0.3) is 16.6 Å². The molecule has 2 aliphatic heterocycles. The molecule has 6 rings (SSSR count). The lowest BCUT2D eigenvalue weighted by Crippen LogP contribution is -2.59. The molecule has 1 aromatic heterocycles. The first-order chi connectivity index (χ1) is 28.7. The molecule has 14 heteroatoms. The molecule has 1 saturated heterocycles. The monoisotopic (exact) mass is 840 g/mol. The topological polar surface area (TPSA) is 124 Å². The van der Waals surface area contributed by atoms with Gasteiger partial charge in [-0.3, -0.25) is 29.0 Å². The fourth-order valence-electron chi connectivity index (χ4n) is 8.97. The van der Waals surface area contributed by atoms with Crippen molar-refractivity contribution in [2.24, 2.45) is 9.98 Å². The lowest BCUT2D eigenvalue weighted by molar-refractivity contribution is -0.122. The lowest BCUT2D eigenvalue weighted by atomic mass is 9.85. The minimum absolute atomic E-state index is 0.00943. The largest absolute Gasteiger partial charge is 0.364 e. The molecule has 0 aliphatic carbocycles. The molecule has 0 bridgehead atoms. The molecule has 4 aromatic rings. The van der Waals surface area contributed by atoms with Gasteiger partial charge in [-0.1, -0.05) is 23.7 Å². The van der Waals surface area contributed by atoms with Gasteiger partial charge < -0.3 is 20.3 Å². The first-order valence-corrected chi connectivity index (χ1v) is 20.8. The first kappa shape index (κ1) is 44.4. The van der Waals surface area contributed by atoms with E-state index in [9.17, 15) is 14.4 Å². The summed E-state index contributed by atoms with van der Waals surface area (Å²) in [5.41, 5.74) is 3.92. The molecular weight excluding hydrogens is 786 g/mol. The Morgan fingerprint density at radius 1 is 1.05 bits per heavy atom. The van der Waals surface area contributed by atoms with E-state index in [2.05, 4.69) is 87.6 Å². The summed E-state index contributed by atoms with van der Waals surface area (Å²) >= 11 is 6.52. The molecular formula is C46H55ClF2N8O3. The van der Waals surface area contributed by atoms with Crippen LogP contribution < -0.4 is 21.1 Å². The van der Waals surface area contributed by atoms with Crippen LogP contribution in [0.3, 0.4) is 0 Å². The predicted molar refractivity (Wildman–Crippen MR) is 238 cm³/mol. The molecule has 0 saturated carbocycles. The van der Waals surface area contributed by atoms with Crippen LogP contribution in [0.15, 0.2) is 75.1 Å². The van der Waals surface area contributed by atoms with E-state index in [1.54, 1.807) is 12.3 Å². The van der Waals surface area contributed by atoms with Crippen molar-refractivity contribution in [1.29, 1.82) is 0 Å². The highest BCUT2D eigenvalue weighted by molar-refractivity contribution is 6.35. The molecule has 1 fully saturated rings. The summed E-state index contributed by atoms with van der Waals surface area (Å²) in [5, 5.41) is 6.38. The van der Waals surface area contributed by atoms with E-state index in [1.165, 1.54) is 19.2 Å². The zero-order valence-electron chi connectivity index (χ0n) is 35.3. The Morgan fingerprint density at radius 3 is 2.47 bits per heavy atom. The fraction of sp³-hybridized carbons (Fsp3) is 0.435. The van der Waals surface area contributed by atoms with Gasteiger partial charge in [0.1, 0.15) is 23.7 Å². The molecule has 60 heavy (non-hydrogen) atoms. The number of anilines is 1. The summed E-state index contributed by atoms with van der Waals surface area (Å²) in [5.74, 6) is -2.75. The number of aromatic nitrogens is 2. The van der Waals surface area contributed by atoms with Crippen LogP contribution in [0, 0.1) is 11.6 Å². The van der Waals surface area contributed by atoms with E-state index in [-0.39, 0.29) is 35.4 Å². The molecule has 2 unspecified atom stereocenters. The minimum Gasteiger partial charge on any atom is -0.364 e. The van der Waals surface area contributed by atoms with Gasteiger partial charge in [0.05, 0.1) is 32.9 Å². The minimum atomic E-state index is -1.11. The van der Waals surface area contributed by atoms with Crippen LogP contribution in [0.4, 0.5) is 14.5 Å². The highest BCUT2D eigenvalue weighted by atomic mass is 35.5. The number of nitrogens with zero attached hydrogens (tertiary/aromatic N) is 6. The predicted octanol–water partition coefficient (Wildman–Crippen LogP) is 7.10. The van der Waals surface area contributed by atoms with Crippen molar-refractivity contribution in [2.45, 2.75) is 76.2 Å². The van der Waals surface area contributed by atoms with Gasteiger partial charge in [-0.15, -0.1) is 0 Å². The Kier molecular flexibility index (Phi) is 13.8. The molecule has 2 atom stereocenters. The molecule has 3 aromatic carbocycles. The second kappa shape index (κ2) is 18.7. The number of amides is 1. The van der Waals surface area contributed by atoms with Crippen LogP contribution in [0.2, 0.25) is 5.02 Å². The SMILES string of the molecule is C=N/C=C(\C=NCCC(CCNC)c1cc(F)c(C(CCC=O)C(=O)NC)c(F)c1)CN1CCN(c2ccc3c(c2)-n2c(nc(=O)c4c(Cl)cccc42)C3(C)C)C(C)(C)C1. The molecule has 2 aliphatic rings. The summed E-state index contributed by atoms with van der Waals surface area (Å²) < 4.78 is 33.2. The van der Waals surface area contributed by atoms with E-state index in [1.807, 2.05) is 25.4 Å². The van der Waals surface area contributed by atoms with Crippen molar-refractivity contribution in [3.05, 3.63) is 110 Å². The van der Waals surface area contributed by atoms with E-state index in [0.29, 0.717) is 60.6 Å². The van der Waals surface area contributed by atoms with Crippen molar-refractivity contribution in [1.82, 2.24) is 25.1 Å². The lowest BCUT2D eigenvalue weighted by Gasteiger charge is -2.48. The van der Waals surface area contributed by atoms with E-state index >= 15 is 8.78 Å². The van der Waals surface area contributed by atoms with Crippen molar-refractivity contribution in [3.8, 4) is 5.69 Å². The number of carbonyl (C=O) groups is 2. The average Bonchev–Trinajstić information content (AvgIpc) is 3.42. The third-order valence-electron chi connectivity index (χ3n) is 11.9. The standard InChI is InChI=1S/C46H55ClF2N8O3/c1-45(2)28-55(19-20-56(45)32-13-14-34-39(24-32)57-38-12-8-11-35(47)41(38)43(60)54-44(57)46(34,3)4)27-29(25-51-6)26-53-18-16-30(15-17-50-5)31-22-36(48)40(37(49)23-31)33(10-9-21-58)42(59)52-7/h8,11-14,21-26,30,33,50H,6,9-10,15-20,27-28H2,1-5,7H3,(H,52,59)/b29-25+,53-26?. The number of piperazine rings is 1. The van der Waals surface area contributed by atoms with Crippen LogP contribution in [0.1, 0.15) is 87.7 Å².